The number of nitrogens with two attached hydrogens (primary N) is 1. The zero-order valence-corrected chi connectivity index (χ0v) is 10.3. The van der Waals surface area contributed by atoms with Gasteiger partial charge in [-0.2, -0.15) is 0 Å². The molecule has 16 heavy (non-hydrogen) atoms. The molecule has 0 bridgehead atoms. The molecule has 1 aliphatic rings. The Labute approximate surface area is 96.7 Å². The smallest absolute Gasteiger partial charge is 0.242 e. The number of hydrogen-bond acceptors (Lipinski definition) is 4. The predicted octanol–water partition coefficient (Wildman–Crippen LogP) is 0.382. The quantitative estimate of drug-likeness (QED) is 0.647. The van der Waals surface area contributed by atoms with Crippen molar-refractivity contribution in [1.82, 2.24) is 5.32 Å². The summed E-state index contributed by atoms with van der Waals surface area (Å²) in [5.41, 5.74) is 4.47. The topological polar surface area (TPSA) is 73.6 Å². The third-order valence-electron chi connectivity index (χ3n) is 3.27. The lowest BCUT2D eigenvalue weighted by Crippen LogP contribution is -2.64. The van der Waals surface area contributed by atoms with Crippen LogP contribution in [-0.4, -0.2) is 38.0 Å². The van der Waals surface area contributed by atoms with Gasteiger partial charge in [-0.05, 0) is 19.8 Å². The van der Waals surface area contributed by atoms with Crippen molar-refractivity contribution in [3.05, 3.63) is 0 Å². The highest BCUT2D eigenvalue weighted by Gasteiger charge is 2.42. The van der Waals surface area contributed by atoms with Crippen LogP contribution in [0.5, 0.6) is 0 Å². The molecule has 3 N–H and O–H groups in total. The van der Waals surface area contributed by atoms with Crippen LogP contribution < -0.4 is 11.1 Å². The molecule has 0 aromatic rings. The normalized spacial score (nSPS) is 21.2. The van der Waals surface area contributed by atoms with Crippen molar-refractivity contribution in [3.63, 3.8) is 0 Å². The fraction of sp³-hybridized carbons (Fsp3) is 0.909. The third kappa shape index (κ3) is 2.72. The van der Waals surface area contributed by atoms with Crippen LogP contribution >= 0.6 is 0 Å². The first-order valence-electron chi connectivity index (χ1n) is 5.67. The second-order valence-corrected chi connectivity index (χ2v) is 4.50. The molecular formula is C11H22N2O3. The van der Waals surface area contributed by atoms with E-state index in [-0.39, 0.29) is 0 Å². The average Bonchev–Trinajstić information content (AvgIpc) is 2.71. The monoisotopic (exact) mass is 230 g/mol. The van der Waals surface area contributed by atoms with Gasteiger partial charge in [-0.25, -0.2) is 0 Å². The fourth-order valence-corrected chi connectivity index (χ4v) is 2.32. The fourth-order valence-electron chi connectivity index (χ4n) is 2.32. The zero-order chi connectivity index (χ0) is 12.2. The van der Waals surface area contributed by atoms with Crippen LogP contribution in [-0.2, 0) is 14.3 Å². The van der Waals surface area contributed by atoms with Gasteiger partial charge in [0.2, 0.25) is 5.91 Å². The summed E-state index contributed by atoms with van der Waals surface area (Å²) in [4.78, 5) is 11.6. The van der Waals surface area contributed by atoms with Crippen molar-refractivity contribution >= 4 is 5.91 Å². The number of ether oxygens (including phenoxy) is 2. The van der Waals surface area contributed by atoms with E-state index in [4.69, 9.17) is 15.2 Å². The van der Waals surface area contributed by atoms with E-state index < -0.39 is 17.7 Å². The SMILES string of the molecule is COC(OC)C(C)(NC1CCCC1)C(N)=O. The van der Waals surface area contributed by atoms with Gasteiger partial charge in [0, 0.05) is 20.3 Å². The number of hydrogen-bond donors (Lipinski definition) is 2. The van der Waals surface area contributed by atoms with E-state index in [0.717, 1.165) is 12.8 Å². The van der Waals surface area contributed by atoms with E-state index in [9.17, 15) is 4.79 Å². The second kappa shape index (κ2) is 5.61. The van der Waals surface area contributed by atoms with Crippen molar-refractivity contribution in [2.24, 2.45) is 5.73 Å². The molecule has 1 rings (SSSR count). The Bertz CT molecular complexity index is 237. The molecule has 1 fully saturated rings. The van der Waals surface area contributed by atoms with E-state index >= 15 is 0 Å². The molecule has 5 nitrogen and oxygen atoms in total. The minimum atomic E-state index is -0.974. The molecule has 0 spiro atoms. The lowest BCUT2D eigenvalue weighted by Gasteiger charge is -2.36. The first-order valence-corrected chi connectivity index (χ1v) is 5.67. The lowest BCUT2D eigenvalue weighted by atomic mass is 9.98. The summed E-state index contributed by atoms with van der Waals surface area (Å²) in [6, 6.07) is 0.324. The van der Waals surface area contributed by atoms with E-state index in [1.54, 1.807) is 6.92 Å². The van der Waals surface area contributed by atoms with Crippen LogP contribution in [0.1, 0.15) is 32.6 Å². The molecule has 0 aromatic carbocycles. The molecule has 0 heterocycles. The van der Waals surface area contributed by atoms with Crippen molar-refractivity contribution in [3.8, 4) is 0 Å². The lowest BCUT2D eigenvalue weighted by molar-refractivity contribution is -0.167. The number of carbonyl (C=O) groups excluding carboxylic acids is 1. The minimum Gasteiger partial charge on any atom is -0.368 e. The van der Waals surface area contributed by atoms with Crippen LogP contribution in [0.15, 0.2) is 0 Å². The summed E-state index contributed by atoms with van der Waals surface area (Å²) in [5, 5.41) is 3.27. The Morgan fingerprint density at radius 2 is 1.88 bits per heavy atom. The van der Waals surface area contributed by atoms with Crippen LogP contribution in [0.25, 0.3) is 0 Å². The molecule has 0 saturated heterocycles. The number of carbonyl (C=O) groups is 1. The first kappa shape index (κ1) is 13.4. The van der Waals surface area contributed by atoms with Crippen molar-refractivity contribution < 1.29 is 14.3 Å². The number of rotatable bonds is 6. The summed E-state index contributed by atoms with van der Waals surface area (Å²) in [6.45, 7) is 1.73. The maximum absolute atomic E-state index is 11.6. The van der Waals surface area contributed by atoms with Gasteiger partial charge in [0.05, 0.1) is 0 Å². The highest BCUT2D eigenvalue weighted by molar-refractivity contribution is 5.84. The number of methoxy groups -OCH3 is 2. The van der Waals surface area contributed by atoms with E-state index in [2.05, 4.69) is 5.32 Å². The van der Waals surface area contributed by atoms with Gasteiger partial charge in [-0.3, -0.25) is 10.1 Å². The van der Waals surface area contributed by atoms with E-state index in [1.165, 1.54) is 27.1 Å². The number of amides is 1. The molecule has 0 aliphatic heterocycles. The summed E-state index contributed by atoms with van der Waals surface area (Å²) in [6.07, 6.45) is 3.87. The summed E-state index contributed by atoms with van der Waals surface area (Å²) < 4.78 is 10.3. The molecule has 0 radical (unpaired) electrons. The van der Waals surface area contributed by atoms with Crippen LogP contribution in [0.4, 0.5) is 0 Å². The Kier molecular flexibility index (Phi) is 4.70. The number of primary amides is 1. The summed E-state index contributed by atoms with van der Waals surface area (Å²) >= 11 is 0. The van der Waals surface area contributed by atoms with Gasteiger partial charge in [-0.1, -0.05) is 12.8 Å². The largest absolute Gasteiger partial charge is 0.368 e. The van der Waals surface area contributed by atoms with Gasteiger partial charge in [0.15, 0.2) is 6.29 Å². The Morgan fingerprint density at radius 3 is 2.25 bits per heavy atom. The molecule has 1 amide bonds. The standard InChI is InChI=1S/C11H22N2O3/c1-11(9(12)14,10(15-2)16-3)13-8-6-4-5-7-8/h8,10,13H,4-7H2,1-3H3,(H2,12,14). The van der Waals surface area contributed by atoms with Gasteiger partial charge in [0.25, 0.3) is 0 Å². The van der Waals surface area contributed by atoms with Crippen molar-refractivity contribution in [2.45, 2.75) is 50.5 Å². The second-order valence-electron chi connectivity index (χ2n) is 4.50. The molecule has 1 saturated carbocycles. The van der Waals surface area contributed by atoms with E-state index in [1.807, 2.05) is 0 Å². The molecule has 94 valence electrons. The third-order valence-corrected chi connectivity index (χ3v) is 3.27. The van der Waals surface area contributed by atoms with Crippen molar-refractivity contribution in [2.75, 3.05) is 14.2 Å². The Morgan fingerprint density at radius 1 is 1.38 bits per heavy atom. The molecule has 5 heteroatoms. The molecule has 0 aromatic heterocycles. The highest BCUT2D eigenvalue weighted by atomic mass is 16.7. The Balaban J connectivity index is 2.73. The van der Waals surface area contributed by atoms with Crippen LogP contribution in [0.2, 0.25) is 0 Å². The number of nitrogens with one attached hydrogen (secondary N) is 1. The van der Waals surface area contributed by atoms with Crippen molar-refractivity contribution in [1.29, 1.82) is 0 Å². The predicted molar refractivity (Wildman–Crippen MR) is 60.8 cm³/mol. The molecule has 1 aliphatic carbocycles. The molecule has 1 atom stereocenters. The van der Waals surface area contributed by atoms with Gasteiger partial charge >= 0.3 is 0 Å². The summed E-state index contributed by atoms with van der Waals surface area (Å²) in [7, 11) is 3.01. The highest BCUT2D eigenvalue weighted by Crippen LogP contribution is 2.23. The van der Waals surface area contributed by atoms with E-state index in [0.29, 0.717) is 6.04 Å². The van der Waals surface area contributed by atoms with Gasteiger partial charge in [-0.15, -0.1) is 0 Å². The Hall–Kier alpha value is -0.650. The molecule has 1 unspecified atom stereocenters. The molecular weight excluding hydrogens is 208 g/mol. The minimum absolute atomic E-state index is 0.324. The maximum atomic E-state index is 11.6. The maximum Gasteiger partial charge on any atom is 0.242 e. The van der Waals surface area contributed by atoms with Gasteiger partial charge < -0.3 is 15.2 Å². The van der Waals surface area contributed by atoms with Gasteiger partial charge in [0.1, 0.15) is 5.54 Å². The average molecular weight is 230 g/mol. The van der Waals surface area contributed by atoms with Crippen LogP contribution in [0.3, 0.4) is 0 Å². The van der Waals surface area contributed by atoms with Crippen LogP contribution in [0, 0.1) is 0 Å². The first-order chi connectivity index (χ1) is 7.54. The summed E-state index contributed by atoms with van der Waals surface area (Å²) in [5.74, 6) is -0.451. The zero-order valence-electron chi connectivity index (χ0n) is 10.3.